The van der Waals surface area contributed by atoms with Gasteiger partial charge in [0, 0.05) is 23.5 Å². The molecule has 0 spiro atoms. The highest BCUT2D eigenvalue weighted by atomic mass is 19.4. The third-order valence-electron chi connectivity index (χ3n) is 3.35. The number of ether oxygens (including phenoxy) is 2. The summed E-state index contributed by atoms with van der Waals surface area (Å²) >= 11 is 0. The van der Waals surface area contributed by atoms with Crippen LogP contribution in [0.4, 0.5) is 26.3 Å². The van der Waals surface area contributed by atoms with Crippen LogP contribution in [0.15, 0.2) is 42.7 Å². The number of rotatable bonds is 1. The number of benzene rings is 1. The van der Waals surface area contributed by atoms with E-state index in [1.807, 2.05) is 0 Å². The zero-order valence-corrected chi connectivity index (χ0v) is 13.2. The van der Waals surface area contributed by atoms with Crippen LogP contribution in [0.1, 0.15) is 16.7 Å². The van der Waals surface area contributed by atoms with E-state index in [0.717, 1.165) is 18.2 Å². The topological polar surface area (TPSA) is 31.4 Å². The van der Waals surface area contributed by atoms with Gasteiger partial charge in [0.25, 0.3) is 0 Å². The Hall–Kier alpha value is -3.15. The fourth-order valence-corrected chi connectivity index (χ4v) is 2.27. The van der Waals surface area contributed by atoms with Gasteiger partial charge in [-0.25, -0.2) is 0 Å². The van der Waals surface area contributed by atoms with Gasteiger partial charge in [0.2, 0.25) is 6.10 Å². The fraction of sp³-hybridized carbons (Fsp3) is 0.167. The average Bonchev–Trinajstić information content (AvgIpc) is 2.58. The van der Waals surface area contributed by atoms with E-state index in [4.69, 9.17) is 4.74 Å². The van der Waals surface area contributed by atoms with Crippen molar-refractivity contribution in [2.24, 2.45) is 0 Å². The molecule has 2 aromatic rings. The van der Waals surface area contributed by atoms with Crippen molar-refractivity contribution in [2.75, 3.05) is 0 Å². The van der Waals surface area contributed by atoms with Crippen LogP contribution in [0.2, 0.25) is 0 Å². The Balaban J connectivity index is 2.06. The molecule has 0 bridgehead atoms. The molecule has 0 radical (unpaired) electrons. The number of hydrogen-bond acceptors (Lipinski definition) is 3. The van der Waals surface area contributed by atoms with Crippen molar-refractivity contribution >= 4 is 6.08 Å². The summed E-state index contributed by atoms with van der Waals surface area (Å²) in [6.07, 6.45) is -7.24. The van der Waals surface area contributed by atoms with Crippen LogP contribution in [0.25, 0.3) is 6.08 Å². The van der Waals surface area contributed by atoms with Crippen molar-refractivity contribution in [3.63, 3.8) is 0 Å². The van der Waals surface area contributed by atoms with E-state index in [1.165, 1.54) is 12.4 Å². The summed E-state index contributed by atoms with van der Waals surface area (Å²) in [5, 5.41) is 0. The quantitative estimate of drug-likeness (QED) is 0.526. The highest BCUT2D eigenvalue weighted by molar-refractivity contribution is 5.68. The summed E-state index contributed by atoms with van der Waals surface area (Å²) in [6.45, 7) is 0. The number of nitrogens with zero attached hydrogens (tertiary/aromatic N) is 1. The minimum Gasteiger partial charge on any atom is -0.475 e. The molecule has 27 heavy (non-hydrogen) atoms. The maximum Gasteiger partial charge on any atom is 0.573 e. The monoisotopic (exact) mass is 385 g/mol. The van der Waals surface area contributed by atoms with E-state index in [1.54, 1.807) is 12.1 Å². The molecule has 1 aromatic carbocycles. The summed E-state index contributed by atoms with van der Waals surface area (Å²) in [5.41, 5.74) is 0.244. The van der Waals surface area contributed by atoms with E-state index in [0.29, 0.717) is 11.6 Å². The predicted octanol–water partition coefficient (Wildman–Crippen LogP) is 4.72. The summed E-state index contributed by atoms with van der Waals surface area (Å²) < 4.78 is 85.1. The van der Waals surface area contributed by atoms with E-state index < -0.39 is 24.4 Å². The van der Waals surface area contributed by atoms with E-state index in [2.05, 4.69) is 21.6 Å². The van der Waals surface area contributed by atoms with E-state index >= 15 is 0 Å². The zero-order valence-electron chi connectivity index (χ0n) is 13.2. The van der Waals surface area contributed by atoms with Crippen LogP contribution >= 0.6 is 0 Å². The second kappa shape index (κ2) is 6.87. The zero-order chi connectivity index (χ0) is 19.7. The Labute approximate surface area is 149 Å². The lowest BCUT2D eigenvalue weighted by Crippen LogP contribution is -2.34. The van der Waals surface area contributed by atoms with Crippen molar-refractivity contribution in [1.82, 2.24) is 4.98 Å². The highest BCUT2D eigenvalue weighted by Gasteiger charge is 2.42. The SMILES string of the molecule is FC(F)(F)Oc1cc(C#Cc2cccnc2)c2c(c1)C=CC(C(F)(F)F)O2. The summed E-state index contributed by atoms with van der Waals surface area (Å²) in [7, 11) is 0. The average molecular weight is 385 g/mol. The molecule has 0 fully saturated rings. The standard InChI is InChI=1S/C18H9F6NO2/c19-17(20,21)15-6-5-13-9-14(27-18(22,23)24)8-12(16(13)26-15)4-3-11-2-1-7-25-10-11/h1-2,5-10,15H. The van der Waals surface area contributed by atoms with E-state index in [9.17, 15) is 26.3 Å². The lowest BCUT2D eigenvalue weighted by molar-refractivity contribution is -0.274. The fourth-order valence-electron chi connectivity index (χ4n) is 2.27. The van der Waals surface area contributed by atoms with Crippen molar-refractivity contribution in [2.45, 2.75) is 18.6 Å². The molecule has 0 amide bonds. The molecule has 0 saturated carbocycles. The maximum atomic E-state index is 12.9. The predicted molar refractivity (Wildman–Crippen MR) is 82.8 cm³/mol. The third kappa shape index (κ3) is 4.73. The minimum atomic E-state index is -4.96. The van der Waals surface area contributed by atoms with Gasteiger partial charge in [0.1, 0.15) is 11.5 Å². The Morgan fingerprint density at radius 2 is 1.85 bits per heavy atom. The van der Waals surface area contributed by atoms with Crippen molar-refractivity contribution in [3.8, 4) is 23.3 Å². The van der Waals surface area contributed by atoms with Crippen LogP contribution in [-0.2, 0) is 0 Å². The first-order valence-electron chi connectivity index (χ1n) is 7.39. The molecule has 1 aliphatic rings. The normalized spacial score (nSPS) is 16.0. The van der Waals surface area contributed by atoms with Crippen LogP contribution in [0.5, 0.6) is 11.5 Å². The molecule has 0 aliphatic carbocycles. The minimum absolute atomic E-state index is 0.00673. The van der Waals surface area contributed by atoms with Gasteiger partial charge < -0.3 is 9.47 Å². The first kappa shape index (κ1) is 18.6. The summed E-state index contributed by atoms with van der Waals surface area (Å²) in [5.74, 6) is 4.26. The lowest BCUT2D eigenvalue weighted by atomic mass is 10.0. The molecule has 1 aromatic heterocycles. The van der Waals surface area contributed by atoms with Crippen molar-refractivity contribution in [1.29, 1.82) is 0 Å². The molecular weight excluding hydrogens is 376 g/mol. The highest BCUT2D eigenvalue weighted by Crippen LogP contribution is 2.38. The van der Waals surface area contributed by atoms with Crippen LogP contribution < -0.4 is 9.47 Å². The summed E-state index contributed by atoms with van der Waals surface area (Å²) in [4.78, 5) is 3.83. The molecule has 2 heterocycles. The largest absolute Gasteiger partial charge is 0.573 e. The van der Waals surface area contributed by atoms with E-state index in [-0.39, 0.29) is 16.9 Å². The Morgan fingerprint density at radius 1 is 1.07 bits per heavy atom. The van der Waals surface area contributed by atoms with Crippen LogP contribution in [0.3, 0.4) is 0 Å². The van der Waals surface area contributed by atoms with Gasteiger partial charge in [-0.15, -0.1) is 13.2 Å². The van der Waals surface area contributed by atoms with Gasteiger partial charge >= 0.3 is 12.5 Å². The Kier molecular flexibility index (Phi) is 4.74. The number of pyridine rings is 1. The number of aromatic nitrogens is 1. The molecule has 3 nitrogen and oxygen atoms in total. The molecule has 0 saturated heterocycles. The summed E-state index contributed by atoms with van der Waals surface area (Å²) in [6, 6.07) is 4.98. The van der Waals surface area contributed by atoms with Crippen molar-refractivity contribution < 1.29 is 35.8 Å². The first-order valence-corrected chi connectivity index (χ1v) is 7.39. The van der Waals surface area contributed by atoms with Crippen LogP contribution in [-0.4, -0.2) is 23.6 Å². The number of hydrogen-bond donors (Lipinski definition) is 0. The Morgan fingerprint density at radius 3 is 2.48 bits per heavy atom. The third-order valence-corrected chi connectivity index (χ3v) is 3.35. The van der Waals surface area contributed by atoms with Crippen LogP contribution in [0, 0.1) is 11.8 Å². The molecule has 3 rings (SSSR count). The van der Waals surface area contributed by atoms with Gasteiger partial charge in [0.15, 0.2) is 0 Å². The number of alkyl halides is 6. The van der Waals surface area contributed by atoms with Gasteiger partial charge in [-0.3, -0.25) is 4.98 Å². The molecule has 1 aliphatic heterocycles. The van der Waals surface area contributed by atoms with Gasteiger partial charge in [-0.05, 0) is 30.3 Å². The molecule has 9 heteroatoms. The molecule has 0 N–H and O–H groups in total. The van der Waals surface area contributed by atoms with Gasteiger partial charge in [-0.2, -0.15) is 13.2 Å². The molecular formula is C18H9F6NO2. The van der Waals surface area contributed by atoms with Gasteiger partial charge in [0.05, 0.1) is 5.56 Å². The smallest absolute Gasteiger partial charge is 0.475 e. The molecule has 1 unspecified atom stereocenters. The second-order valence-corrected chi connectivity index (χ2v) is 5.37. The molecule has 140 valence electrons. The Bertz CT molecular complexity index is 923. The lowest BCUT2D eigenvalue weighted by Gasteiger charge is -2.25. The van der Waals surface area contributed by atoms with Gasteiger partial charge in [-0.1, -0.05) is 17.9 Å². The maximum absolute atomic E-state index is 12.9. The first-order chi connectivity index (χ1) is 12.6. The molecule has 1 atom stereocenters. The number of halogens is 6. The van der Waals surface area contributed by atoms with Crippen molar-refractivity contribution in [3.05, 3.63) is 59.4 Å². The number of fused-ring (bicyclic) bond motifs is 1. The second-order valence-electron chi connectivity index (χ2n) is 5.37.